The smallest absolute Gasteiger partial charge is 0.319 e. The minimum atomic E-state index is -0.481. The lowest BCUT2D eigenvalue weighted by molar-refractivity contribution is -0.129. The second-order valence-corrected chi connectivity index (χ2v) is 5.99. The van der Waals surface area contributed by atoms with Gasteiger partial charge in [0.25, 0.3) is 0 Å². The van der Waals surface area contributed by atoms with E-state index >= 15 is 0 Å². The van der Waals surface area contributed by atoms with Crippen molar-refractivity contribution in [1.82, 2.24) is 20.0 Å². The van der Waals surface area contributed by atoms with Crippen LogP contribution in [0.2, 0.25) is 0 Å². The summed E-state index contributed by atoms with van der Waals surface area (Å²) in [6, 6.07) is 8.98. The number of amides is 3. The Morgan fingerprint density at radius 2 is 2.08 bits per heavy atom. The summed E-state index contributed by atoms with van der Waals surface area (Å²) < 4.78 is 1.63. The van der Waals surface area contributed by atoms with E-state index in [1.165, 1.54) is 0 Å². The van der Waals surface area contributed by atoms with Gasteiger partial charge in [0.05, 0.1) is 11.4 Å². The van der Waals surface area contributed by atoms with Gasteiger partial charge in [-0.2, -0.15) is 5.10 Å². The minimum Gasteiger partial charge on any atom is -0.336 e. The Morgan fingerprint density at radius 3 is 2.75 bits per heavy atom. The predicted molar refractivity (Wildman–Crippen MR) is 90.4 cm³/mol. The summed E-state index contributed by atoms with van der Waals surface area (Å²) in [4.78, 5) is 26.3. The Balaban J connectivity index is 1.55. The van der Waals surface area contributed by atoms with Gasteiger partial charge in [0, 0.05) is 26.3 Å². The highest BCUT2D eigenvalue weighted by molar-refractivity contribution is 5.94. The van der Waals surface area contributed by atoms with E-state index in [-0.39, 0.29) is 11.9 Å². The monoisotopic (exact) mass is 327 g/mol. The molecule has 0 radical (unpaired) electrons. The number of carbonyl (C=O) groups excluding carboxylic acids is 2. The molecule has 1 aliphatic rings. The van der Waals surface area contributed by atoms with Crippen LogP contribution in [0, 0.1) is 6.92 Å². The Morgan fingerprint density at radius 1 is 1.33 bits per heavy atom. The van der Waals surface area contributed by atoms with Gasteiger partial charge in [-0.3, -0.25) is 9.48 Å². The number of urea groups is 1. The Kier molecular flexibility index (Phi) is 4.50. The summed E-state index contributed by atoms with van der Waals surface area (Å²) in [5.74, 6) is -0.0445. The molecule has 24 heavy (non-hydrogen) atoms. The molecule has 0 aliphatic carbocycles. The van der Waals surface area contributed by atoms with Crippen LogP contribution in [-0.2, 0) is 18.4 Å². The van der Waals surface area contributed by atoms with Crippen LogP contribution >= 0.6 is 0 Å². The fourth-order valence-electron chi connectivity index (χ4n) is 2.87. The van der Waals surface area contributed by atoms with Crippen LogP contribution in [0.3, 0.4) is 0 Å². The lowest BCUT2D eigenvalue weighted by Gasteiger charge is -2.17. The normalized spacial score (nSPS) is 17.2. The van der Waals surface area contributed by atoms with Gasteiger partial charge in [-0.1, -0.05) is 30.3 Å². The first-order valence-corrected chi connectivity index (χ1v) is 7.93. The quantitative estimate of drug-likeness (QED) is 0.896. The van der Waals surface area contributed by atoms with E-state index in [0.717, 1.165) is 11.3 Å². The van der Waals surface area contributed by atoms with Crippen LogP contribution in [0.1, 0.15) is 17.7 Å². The zero-order chi connectivity index (χ0) is 17.1. The average Bonchev–Trinajstić information content (AvgIpc) is 3.04. The van der Waals surface area contributed by atoms with E-state index in [4.69, 9.17) is 0 Å². The van der Waals surface area contributed by atoms with Gasteiger partial charge < -0.3 is 15.5 Å². The molecule has 1 aromatic heterocycles. The zero-order valence-electron chi connectivity index (χ0n) is 13.8. The van der Waals surface area contributed by atoms with Crippen molar-refractivity contribution in [2.75, 3.05) is 11.9 Å². The van der Waals surface area contributed by atoms with Crippen LogP contribution < -0.4 is 10.6 Å². The SMILES string of the molecule is Cc1nn(C)cc1NC(=O)N[C@@H]1CCN(Cc2ccccc2)C1=O. The topological polar surface area (TPSA) is 79.3 Å². The van der Waals surface area contributed by atoms with Crippen LogP contribution in [0.5, 0.6) is 0 Å². The van der Waals surface area contributed by atoms with Gasteiger partial charge in [0.1, 0.15) is 6.04 Å². The van der Waals surface area contributed by atoms with Crippen molar-refractivity contribution < 1.29 is 9.59 Å². The molecule has 7 nitrogen and oxygen atoms in total. The third kappa shape index (κ3) is 3.56. The number of benzene rings is 1. The number of nitrogens with one attached hydrogen (secondary N) is 2. The maximum absolute atomic E-state index is 12.4. The van der Waals surface area contributed by atoms with Crippen LogP contribution in [0.25, 0.3) is 0 Å². The number of rotatable bonds is 4. The van der Waals surface area contributed by atoms with Gasteiger partial charge in [-0.05, 0) is 18.9 Å². The molecule has 2 N–H and O–H groups in total. The van der Waals surface area contributed by atoms with Gasteiger partial charge in [0.15, 0.2) is 0 Å². The molecule has 2 aromatic rings. The van der Waals surface area contributed by atoms with E-state index < -0.39 is 6.04 Å². The maximum atomic E-state index is 12.4. The molecule has 1 aliphatic heterocycles. The van der Waals surface area contributed by atoms with Crippen LogP contribution in [-0.4, -0.2) is 39.2 Å². The van der Waals surface area contributed by atoms with E-state index in [1.807, 2.05) is 37.3 Å². The molecule has 1 saturated heterocycles. The van der Waals surface area contributed by atoms with Crippen molar-refractivity contribution in [2.45, 2.75) is 25.9 Å². The van der Waals surface area contributed by atoms with Crippen molar-refractivity contribution in [3.63, 3.8) is 0 Å². The van der Waals surface area contributed by atoms with Crippen molar-refractivity contribution in [2.24, 2.45) is 7.05 Å². The van der Waals surface area contributed by atoms with Gasteiger partial charge in [-0.25, -0.2) is 4.79 Å². The molecule has 0 spiro atoms. The molecular formula is C17H21N5O2. The second kappa shape index (κ2) is 6.74. The third-order valence-corrected chi connectivity index (χ3v) is 4.08. The summed E-state index contributed by atoms with van der Waals surface area (Å²) >= 11 is 0. The van der Waals surface area contributed by atoms with E-state index in [0.29, 0.717) is 25.2 Å². The zero-order valence-corrected chi connectivity index (χ0v) is 13.8. The Bertz CT molecular complexity index is 741. The molecule has 0 saturated carbocycles. The molecule has 3 amide bonds. The summed E-state index contributed by atoms with van der Waals surface area (Å²) in [7, 11) is 1.79. The molecule has 0 bridgehead atoms. The van der Waals surface area contributed by atoms with Crippen LogP contribution in [0.15, 0.2) is 36.5 Å². The molecular weight excluding hydrogens is 306 g/mol. The first kappa shape index (κ1) is 16.0. The number of hydrogen-bond donors (Lipinski definition) is 2. The molecule has 1 atom stereocenters. The summed E-state index contributed by atoms with van der Waals surface area (Å²) in [5, 5.41) is 9.66. The summed E-state index contributed by atoms with van der Waals surface area (Å²) in [5.41, 5.74) is 2.46. The largest absolute Gasteiger partial charge is 0.336 e. The standard InChI is InChI=1S/C17H21N5O2/c1-12-15(11-21(2)20-12)19-17(24)18-14-8-9-22(16(14)23)10-13-6-4-3-5-7-13/h3-7,11,14H,8-10H2,1-2H3,(H2,18,19,24)/t14-/m1/s1. The van der Waals surface area contributed by atoms with Crippen molar-refractivity contribution in [3.05, 3.63) is 47.8 Å². The van der Waals surface area contributed by atoms with Gasteiger partial charge >= 0.3 is 6.03 Å². The molecule has 7 heteroatoms. The number of likely N-dealkylation sites (tertiary alicyclic amines) is 1. The summed E-state index contributed by atoms with van der Waals surface area (Å²) in [6.45, 7) is 3.03. The third-order valence-electron chi connectivity index (χ3n) is 4.08. The molecule has 0 unspecified atom stereocenters. The van der Waals surface area contributed by atoms with Crippen molar-refractivity contribution >= 4 is 17.6 Å². The number of nitrogens with zero attached hydrogens (tertiary/aromatic N) is 3. The highest BCUT2D eigenvalue weighted by atomic mass is 16.2. The maximum Gasteiger partial charge on any atom is 0.319 e. The van der Waals surface area contributed by atoms with E-state index in [2.05, 4.69) is 15.7 Å². The highest BCUT2D eigenvalue weighted by Gasteiger charge is 2.32. The van der Waals surface area contributed by atoms with Crippen LogP contribution in [0.4, 0.5) is 10.5 Å². The number of aromatic nitrogens is 2. The van der Waals surface area contributed by atoms with Crippen molar-refractivity contribution in [3.8, 4) is 0 Å². The number of anilines is 1. The second-order valence-electron chi connectivity index (χ2n) is 5.99. The molecule has 1 aromatic carbocycles. The number of aryl methyl sites for hydroxylation is 2. The lowest BCUT2D eigenvalue weighted by atomic mass is 10.2. The average molecular weight is 327 g/mol. The molecule has 2 heterocycles. The number of hydrogen-bond acceptors (Lipinski definition) is 3. The fourth-order valence-corrected chi connectivity index (χ4v) is 2.87. The first-order valence-electron chi connectivity index (χ1n) is 7.93. The number of carbonyl (C=O) groups is 2. The molecule has 126 valence electrons. The Labute approximate surface area is 140 Å². The van der Waals surface area contributed by atoms with Gasteiger partial charge in [-0.15, -0.1) is 0 Å². The predicted octanol–water partition coefficient (Wildman–Crippen LogP) is 1.65. The fraction of sp³-hybridized carbons (Fsp3) is 0.353. The van der Waals surface area contributed by atoms with Gasteiger partial charge in [0.2, 0.25) is 5.91 Å². The first-order chi connectivity index (χ1) is 11.5. The lowest BCUT2D eigenvalue weighted by Crippen LogP contribution is -2.43. The van der Waals surface area contributed by atoms with E-state index in [1.54, 1.807) is 22.8 Å². The highest BCUT2D eigenvalue weighted by Crippen LogP contribution is 2.16. The molecule has 1 fully saturated rings. The minimum absolute atomic E-state index is 0.0445. The van der Waals surface area contributed by atoms with Crippen molar-refractivity contribution in [1.29, 1.82) is 0 Å². The van der Waals surface area contributed by atoms with E-state index in [9.17, 15) is 9.59 Å². The summed E-state index contributed by atoms with van der Waals surface area (Å²) in [6.07, 6.45) is 2.35. The molecule has 3 rings (SSSR count). The Hall–Kier alpha value is -2.83.